The number of benzene rings is 2. The maximum atomic E-state index is 13.9. The molecule has 0 aliphatic rings. The van der Waals surface area contributed by atoms with E-state index in [1.807, 2.05) is 6.92 Å². The number of hydrogen-bond donors (Lipinski definition) is 1. The van der Waals surface area contributed by atoms with E-state index in [1.54, 1.807) is 24.3 Å². The summed E-state index contributed by atoms with van der Waals surface area (Å²) in [6.45, 7) is 2.67. The standard InChI is InChI=1S/C22H23FN2O6S/c1-3-24-22(26)25(15-18-8-5-11-30-18)14-16-6-4-7-17(12-16)31-32(27,28)19-9-10-21(29-2)20(23)13-19/h4-13H,3,14-15H2,1-2H3,(H,24,26). The molecule has 0 saturated carbocycles. The third kappa shape index (κ3) is 5.79. The summed E-state index contributed by atoms with van der Waals surface area (Å²) < 4.78 is 54.4. The number of nitrogens with one attached hydrogen (secondary N) is 1. The van der Waals surface area contributed by atoms with Crippen LogP contribution < -0.4 is 14.2 Å². The Labute approximate surface area is 185 Å². The fraction of sp³-hybridized carbons (Fsp3) is 0.227. The lowest BCUT2D eigenvalue weighted by molar-refractivity contribution is 0.188. The summed E-state index contributed by atoms with van der Waals surface area (Å²) in [7, 11) is -2.99. The number of hydrogen-bond acceptors (Lipinski definition) is 6. The van der Waals surface area contributed by atoms with Crippen molar-refractivity contribution in [2.75, 3.05) is 13.7 Å². The van der Waals surface area contributed by atoms with Crippen molar-refractivity contribution in [3.8, 4) is 11.5 Å². The topological polar surface area (TPSA) is 98.1 Å². The second-order valence-corrected chi connectivity index (χ2v) is 8.30. The van der Waals surface area contributed by atoms with Crippen LogP contribution >= 0.6 is 0 Å². The molecule has 10 heteroatoms. The Bertz CT molecular complexity index is 1160. The summed E-state index contributed by atoms with van der Waals surface area (Å²) >= 11 is 0. The quantitative estimate of drug-likeness (QED) is 0.484. The minimum atomic E-state index is -4.28. The zero-order chi connectivity index (χ0) is 23.1. The van der Waals surface area contributed by atoms with Gasteiger partial charge in [-0.05, 0) is 55.0 Å². The smallest absolute Gasteiger partial charge is 0.339 e. The number of halogens is 1. The van der Waals surface area contributed by atoms with Crippen molar-refractivity contribution in [2.24, 2.45) is 0 Å². The molecule has 1 N–H and O–H groups in total. The number of urea groups is 1. The Kier molecular flexibility index (Phi) is 7.37. The van der Waals surface area contributed by atoms with Crippen LogP contribution in [0, 0.1) is 5.82 Å². The van der Waals surface area contributed by atoms with Crippen molar-refractivity contribution >= 4 is 16.1 Å². The highest BCUT2D eigenvalue weighted by Crippen LogP contribution is 2.24. The summed E-state index contributed by atoms with van der Waals surface area (Å²) in [6, 6.07) is 12.7. The average molecular weight is 462 g/mol. The first-order chi connectivity index (χ1) is 15.3. The summed E-state index contributed by atoms with van der Waals surface area (Å²) in [4.78, 5) is 13.6. The van der Waals surface area contributed by atoms with Crippen molar-refractivity contribution in [1.82, 2.24) is 10.2 Å². The molecule has 32 heavy (non-hydrogen) atoms. The van der Waals surface area contributed by atoms with Crippen molar-refractivity contribution in [3.63, 3.8) is 0 Å². The Morgan fingerprint density at radius 3 is 2.59 bits per heavy atom. The van der Waals surface area contributed by atoms with Crippen LogP contribution in [-0.2, 0) is 23.2 Å². The van der Waals surface area contributed by atoms with Crippen molar-refractivity contribution < 1.29 is 30.9 Å². The Balaban J connectivity index is 1.78. The number of nitrogens with zero attached hydrogens (tertiary/aromatic N) is 1. The zero-order valence-electron chi connectivity index (χ0n) is 17.6. The van der Waals surface area contributed by atoms with Gasteiger partial charge in [0.25, 0.3) is 0 Å². The van der Waals surface area contributed by atoms with E-state index in [9.17, 15) is 17.6 Å². The van der Waals surface area contributed by atoms with Gasteiger partial charge in [-0.2, -0.15) is 8.42 Å². The third-order valence-electron chi connectivity index (χ3n) is 4.43. The monoisotopic (exact) mass is 462 g/mol. The van der Waals surface area contributed by atoms with Gasteiger partial charge in [-0.25, -0.2) is 9.18 Å². The zero-order valence-corrected chi connectivity index (χ0v) is 18.4. The van der Waals surface area contributed by atoms with Gasteiger partial charge < -0.3 is 23.6 Å². The second-order valence-electron chi connectivity index (χ2n) is 6.75. The first-order valence-corrected chi connectivity index (χ1v) is 11.2. The fourth-order valence-corrected chi connectivity index (χ4v) is 3.88. The molecule has 0 radical (unpaired) electrons. The van der Waals surface area contributed by atoms with Gasteiger partial charge in [0.2, 0.25) is 0 Å². The first-order valence-electron chi connectivity index (χ1n) is 9.74. The van der Waals surface area contributed by atoms with E-state index in [1.165, 1.54) is 42.5 Å². The normalized spacial score (nSPS) is 11.1. The molecule has 3 rings (SSSR count). The van der Waals surface area contributed by atoms with Crippen molar-refractivity contribution in [3.05, 3.63) is 78.0 Å². The number of methoxy groups -OCH3 is 1. The van der Waals surface area contributed by atoms with Gasteiger partial charge in [0.05, 0.1) is 19.9 Å². The molecular weight excluding hydrogens is 439 g/mol. The predicted octanol–water partition coefficient (Wildman–Crippen LogP) is 3.93. The molecule has 0 spiro atoms. The SMILES string of the molecule is CCNC(=O)N(Cc1cccc(OS(=O)(=O)c2ccc(OC)c(F)c2)c1)Cc1ccco1. The number of carbonyl (C=O) groups excluding carboxylic acids is 1. The van der Waals surface area contributed by atoms with Crippen LogP contribution in [0.1, 0.15) is 18.2 Å². The van der Waals surface area contributed by atoms with E-state index in [2.05, 4.69) is 5.32 Å². The molecule has 0 aliphatic carbocycles. The fourth-order valence-electron chi connectivity index (χ4n) is 2.95. The average Bonchev–Trinajstić information content (AvgIpc) is 3.26. The maximum Gasteiger partial charge on any atom is 0.339 e. The van der Waals surface area contributed by atoms with Crippen LogP contribution in [0.5, 0.6) is 11.5 Å². The van der Waals surface area contributed by atoms with Gasteiger partial charge in [0.15, 0.2) is 11.6 Å². The van der Waals surface area contributed by atoms with E-state index in [0.29, 0.717) is 17.9 Å². The van der Waals surface area contributed by atoms with Crippen LogP contribution in [0.25, 0.3) is 0 Å². The Morgan fingerprint density at radius 2 is 1.94 bits per heavy atom. The number of rotatable bonds is 9. The van der Waals surface area contributed by atoms with Crippen LogP contribution in [0.4, 0.5) is 9.18 Å². The van der Waals surface area contributed by atoms with Crippen LogP contribution in [0.15, 0.2) is 70.2 Å². The summed E-state index contributed by atoms with van der Waals surface area (Å²) in [5, 5.41) is 2.74. The molecule has 2 amide bonds. The van der Waals surface area contributed by atoms with Gasteiger partial charge in [-0.15, -0.1) is 0 Å². The van der Waals surface area contributed by atoms with Crippen LogP contribution in [0.2, 0.25) is 0 Å². The van der Waals surface area contributed by atoms with Gasteiger partial charge >= 0.3 is 16.1 Å². The third-order valence-corrected chi connectivity index (χ3v) is 5.67. The molecule has 0 fully saturated rings. The molecule has 8 nitrogen and oxygen atoms in total. The second kappa shape index (κ2) is 10.2. The van der Waals surface area contributed by atoms with Crippen molar-refractivity contribution in [2.45, 2.75) is 24.9 Å². The molecule has 0 bridgehead atoms. The number of ether oxygens (including phenoxy) is 1. The van der Waals surface area contributed by atoms with Gasteiger partial charge in [0, 0.05) is 13.1 Å². The number of amides is 2. The minimum absolute atomic E-state index is 0.0348. The van der Waals surface area contributed by atoms with E-state index in [-0.39, 0.29) is 35.5 Å². The van der Waals surface area contributed by atoms with Gasteiger partial charge in [0.1, 0.15) is 16.4 Å². The lowest BCUT2D eigenvalue weighted by Gasteiger charge is -2.22. The lowest BCUT2D eigenvalue weighted by Crippen LogP contribution is -2.38. The van der Waals surface area contributed by atoms with E-state index in [4.69, 9.17) is 13.3 Å². The minimum Gasteiger partial charge on any atom is -0.494 e. The predicted molar refractivity (Wildman–Crippen MR) is 114 cm³/mol. The molecule has 170 valence electrons. The molecule has 1 aromatic heterocycles. The largest absolute Gasteiger partial charge is 0.494 e. The highest BCUT2D eigenvalue weighted by Gasteiger charge is 2.20. The van der Waals surface area contributed by atoms with Crippen molar-refractivity contribution in [1.29, 1.82) is 0 Å². The molecule has 1 heterocycles. The molecule has 0 atom stereocenters. The van der Waals surface area contributed by atoms with Gasteiger partial charge in [-0.1, -0.05) is 12.1 Å². The molecule has 0 aliphatic heterocycles. The molecule has 0 unspecified atom stereocenters. The van der Waals surface area contributed by atoms with Crippen LogP contribution in [-0.4, -0.2) is 33.0 Å². The van der Waals surface area contributed by atoms with E-state index >= 15 is 0 Å². The summed E-state index contributed by atoms with van der Waals surface area (Å²) in [5.74, 6) is -0.255. The number of carbonyl (C=O) groups is 1. The Morgan fingerprint density at radius 1 is 1.12 bits per heavy atom. The summed E-state index contributed by atoms with van der Waals surface area (Å²) in [5.41, 5.74) is 0.636. The van der Waals surface area contributed by atoms with Crippen LogP contribution in [0.3, 0.4) is 0 Å². The van der Waals surface area contributed by atoms with Gasteiger partial charge in [-0.3, -0.25) is 0 Å². The maximum absolute atomic E-state index is 13.9. The summed E-state index contributed by atoms with van der Waals surface area (Å²) in [6.07, 6.45) is 1.52. The molecule has 0 saturated heterocycles. The highest BCUT2D eigenvalue weighted by atomic mass is 32.2. The first kappa shape index (κ1) is 23.1. The van der Waals surface area contributed by atoms with E-state index < -0.39 is 15.9 Å². The molecule has 3 aromatic rings. The number of furan rings is 1. The molecule has 2 aromatic carbocycles. The molecular formula is C22H23FN2O6S. The highest BCUT2D eigenvalue weighted by molar-refractivity contribution is 7.87. The van der Waals surface area contributed by atoms with E-state index in [0.717, 1.165) is 6.07 Å². The Hall–Kier alpha value is -3.53. The lowest BCUT2D eigenvalue weighted by atomic mass is 10.2.